The van der Waals surface area contributed by atoms with Gasteiger partial charge in [0.2, 0.25) is 0 Å². The van der Waals surface area contributed by atoms with E-state index in [9.17, 15) is 4.79 Å². The number of rotatable bonds is 2. The Labute approximate surface area is 122 Å². The van der Waals surface area contributed by atoms with E-state index in [1.165, 1.54) is 0 Å². The van der Waals surface area contributed by atoms with Crippen LogP contribution in [-0.4, -0.2) is 17.1 Å². The predicted molar refractivity (Wildman–Crippen MR) is 83.8 cm³/mol. The molecule has 0 saturated carbocycles. The molecule has 4 nitrogen and oxygen atoms in total. The van der Waals surface area contributed by atoms with Crippen LogP contribution in [0.4, 0.5) is 0 Å². The summed E-state index contributed by atoms with van der Waals surface area (Å²) in [6.45, 7) is 3.62. The van der Waals surface area contributed by atoms with Crippen LogP contribution in [0.15, 0.2) is 41.2 Å². The molecule has 0 atom stereocenters. The topological polar surface area (TPSA) is 55.0 Å². The number of H-pyrrole nitrogens is 1. The average molecular weight is 280 g/mol. The second kappa shape index (κ2) is 5.05. The van der Waals surface area contributed by atoms with Crippen LogP contribution in [0, 0.1) is 13.8 Å². The van der Waals surface area contributed by atoms with E-state index in [1.54, 1.807) is 14.0 Å². The molecule has 0 radical (unpaired) electrons. The zero-order valence-electron chi connectivity index (χ0n) is 12.2. The largest absolute Gasteiger partial charge is 0.497 e. The minimum atomic E-state index is -0.0904. The van der Waals surface area contributed by atoms with Crippen molar-refractivity contribution < 1.29 is 4.74 Å². The third-order valence-electron chi connectivity index (χ3n) is 3.72. The van der Waals surface area contributed by atoms with Gasteiger partial charge in [0.05, 0.1) is 7.11 Å². The Morgan fingerprint density at radius 2 is 1.76 bits per heavy atom. The zero-order chi connectivity index (χ0) is 15.0. The highest BCUT2D eigenvalue weighted by atomic mass is 16.5. The summed E-state index contributed by atoms with van der Waals surface area (Å²) in [4.78, 5) is 19.2. The van der Waals surface area contributed by atoms with Gasteiger partial charge in [-0.15, -0.1) is 0 Å². The molecule has 0 unspecified atom stereocenters. The van der Waals surface area contributed by atoms with Crippen LogP contribution in [0.3, 0.4) is 0 Å². The Morgan fingerprint density at radius 1 is 1.05 bits per heavy atom. The molecule has 21 heavy (non-hydrogen) atoms. The molecule has 3 aromatic rings. The SMILES string of the molecule is COc1ccc2cc(-c3nc(C)c(C)c(=O)[nH]3)ccc2c1. The van der Waals surface area contributed by atoms with Gasteiger partial charge in [0, 0.05) is 16.8 Å². The zero-order valence-corrected chi connectivity index (χ0v) is 12.2. The minimum absolute atomic E-state index is 0.0904. The van der Waals surface area contributed by atoms with Crippen molar-refractivity contribution in [2.45, 2.75) is 13.8 Å². The molecular weight excluding hydrogens is 264 g/mol. The van der Waals surface area contributed by atoms with Crippen LogP contribution in [0.2, 0.25) is 0 Å². The van der Waals surface area contributed by atoms with Gasteiger partial charge >= 0.3 is 0 Å². The summed E-state index contributed by atoms with van der Waals surface area (Å²) >= 11 is 0. The number of benzene rings is 2. The Bertz CT molecular complexity index is 882. The second-order valence-electron chi connectivity index (χ2n) is 5.05. The van der Waals surface area contributed by atoms with Crippen molar-refractivity contribution >= 4 is 10.8 Å². The lowest BCUT2D eigenvalue weighted by molar-refractivity contribution is 0.415. The molecule has 0 aliphatic rings. The van der Waals surface area contributed by atoms with Crippen LogP contribution in [0.25, 0.3) is 22.2 Å². The highest BCUT2D eigenvalue weighted by molar-refractivity contribution is 5.87. The minimum Gasteiger partial charge on any atom is -0.497 e. The van der Waals surface area contributed by atoms with E-state index >= 15 is 0 Å². The van der Waals surface area contributed by atoms with Crippen molar-refractivity contribution in [3.63, 3.8) is 0 Å². The van der Waals surface area contributed by atoms with E-state index in [4.69, 9.17) is 4.74 Å². The first-order valence-electron chi connectivity index (χ1n) is 6.74. The predicted octanol–water partition coefficient (Wildman–Crippen LogP) is 3.22. The number of hydrogen-bond acceptors (Lipinski definition) is 3. The molecule has 1 aromatic heterocycles. The van der Waals surface area contributed by atoms with Crippen molar-refractivity contribution in [1.29, 1.82) is 0 Å². The standard InChI is InChI=1S/C17H16N2O2/c1-10-11(2)18-16(19-17(10)20)14-5-4-13-9-15(21-3)7-6-12(13)8-14/h4-9H,1-3H3,(H,18,19,20). The van der Waals surface area contributed by atoms with Crippen molar-refractivity contribution in [2.75, 3.05) is 7.11 Å². The van der Waals surface area contributed by atoms with Crippen LogP contribution < -0.4 is 10.3 Å². The maximum Gasteiger partial charge on any atom is 0.254 e. The number of methoxy groups -OCH3 is 1. The van der Waals surface area contributed by atoms with Gasteiger partial charge in [-0.2, -0.15) is 0 Å². The van der Waals surface area contributed by atoms with E-state index in [1.807, 2.05) is 43.3 Å². The molecule has 3 rings (SSSR count). The first-order chi connectivity index (χ1) is 10.1. The van der Waals surface area contributed by atoms with Crippen molar-refractivity contribution in [2.24, 2.45) is 0 Å². The van der Waals surface area contributed by atoms with Crippen molar-refractivity contribution in [1.82, 2.24) is 9.97 Å². The van der Waals surface area contributed by atoms with Gasteiger partial charge in [-0.25, -0.2) is 4.98 Å². The molecule has 0 aliphatic carbocycles. The molecule has 0 amide bonds. The lowest BCUT2D eigenvalue weighted by atomic mass is 10.1. The first-order valence-corrected chi connectivity index (χ1v) is 6.74. The summed E-state index contributed by atoms with van der Waals surface area (Å²) in [5, 5.41) is 2.17. The van der Waals surface area contributed by atoms with Crippen LogP contribution in [0.1, 0.15) is 11.3 Å². The number of hydrogen-bond donors (Lipinski definition) is 1. The fourth-order valence-electron chi connectivity index (χ4n) is 2.28. The molecule has 2 aromatic carbocycles. The summed E-state index contributed by atoms with van der Waals surface area (Å²) in [6.07, 6.45) is 0. The molecule has 1 heterocycles. The second-order valence-corrected chi connectivity index (χ2v) is 5.05. The molecule has 0 bridgehead atoms. The molecule has 0 saturated heterocycles. The quantitative estimate of drug-likeness (QED) is 0.784. The maximum atomic E-state index is 11.9. The van der Waals surface area contributed by atoms with Gasteiger partial charge in [0.25, 0.3) is 5.56 Å². The number of aromatic nitrogens is 2. The summed E-state index contributed by atoms with van der Waals surface area (Å²) in [7, 11) is 1.65. The Hall–Kier alpha value is -2.62. The number of aromatic amines is 1. The molecule has 0 fully saturated rings. The number of nitrogens with one attached hydrogen (secondary N) is 1. The number of ether oxygens (including phenoxy) is 1. The Kier molecular flexibility index (Phi) is 3.22. The third kappa shape index (κ3) is 2.40. The fourth-order valence-corrected chi connectivity index (χ4v) is 2.28. The highest BCUT2D eigenvalue weighted by Crippen LogP contribution is 2.25. The van der Waals surface area contributed by atoms with E-state index in [2.05, 4.69) is 9.97 Å². The van der Waals surface area contributed by atoms with Crippen LogP contribution in [0.5, 0.6) is 5.75 Å². The molecule has 4 heteroatoms. The lowest BCUT2D eigenvalue weighted by Gasteiger charge is -2.07. The van der Waals surface area contributed by atoms with Gasteiger partial charge in [-0.3, -0.25) is 4.79 Å². The monoisotopic (exact) mass is 280 g/mol. The third-order valence-corrected chi connectivity index (χ3v) is 3.72. The number of aryl methyl sites for hydroxylation is 1. The maximum absolute atomic E-state index is 11.9. The van der Waals surface area contributed by atoms with Crippen molar-refractivity contribution in [3.8, 4) is 17.1 Å². The number of fused-ring (bicyclic) bond motifs is 1. The normalized spacial score (nSPS) is 10.8. The average Bonchev–Trinajstić information content (AvgIpc) is 2.51. The van der Waals surface area contributed by atoms with Crippen LogP contribution >= 0.6 is 0 Å². The molecule has 1 N–H and O–H groups in total. The van der Waals surface area contributed by atoms with Gasteiger partial charge in [0.15, 0.2) is 0 Å². The van der Waals surface area contributed by atoms with Gasteiger partial charge < -0.3 is 9.72 Å². The smallest absolute Gasteiger partial charge is 0.254 e. The van der Waals surface area contributed by atoms with E-state index in [0.717, 1.165) is 27.8 Å². The van der Waals surface area contributed by atoms with Crippen LogP contribution in [-0.2, 0) is 0 Å². The molecular formula is C17H16N2O2. The summed E-state index contributed by atoms with van der Waals surface area (Å²) in [5.74, 6) is 1.42. The lowest BCUT2D eigenvalue weighted by Crippen LogP contribution is -2.14. The summed E-state index contributed by atoms with van der Waals surface area (Å²) in [6, 6.07) is 11.9. The van der Waals surface area contributed by atoms with E-state index < -0.39 is 0 Å². The van der Waals surface area contributed by atoms with Crippen molar-refractivity contribution in [3.05, 3.63) is 58.0 Å². The molecule has 0 aliphatic heterocycles. The van der Waals surface area contributed by atoms with Gasteiger partial charge in [-0.1, -0.05) is 18.2 Å². The Morgan fingerprint density at radius 3 is 2.48 bits per heavy atom. The Balaban J connectivity index is 2.15. The highest BCUT2D eigenvalue weighted by Gasteiger charge is 2.07. The summed E-state index contributed by atoms with van der Waals surface area (Å²) < 4.78 is 5.22. The van der Waals surface area contributed by atoms with Gasteiger partial charge in [0.1, 0.15) is 11.6 Å². The molecule has 0 spiro atoms. The van der Waals surface area contributed by atoms with E-state index in [0.29, 0.717) is 11.4 Å². The summed E-state index contributed by atoms with van der Waals surface area (Å²) in [5.41, 5.74) is 2.22. The number of nitrogens with zero attached hydrogens (tertiary/aromatic N) is 1. The first kappa shape index (κ1) is 13.4. The van der Waals surface area contributed by atoms with Gasteiger partial charge in [-0.05, 0) is 42.8 Å². The van der Waals surface area contributed by atoms with E-state index in [-0.39, 0.29) is 5.56 Å². The fraction of sp³-hybridized carbons (Fsp3) is 0.176. The molecule has 106 valence electrons.